The van der Waals surface area contributed by atoms with Crippen LogP contribution in [0.3, 0.4) is 0 Å². The van der Waals surface area contributed by atoms with E-state index in [0.29, 0.717) is 12.3 Å². The van der Waals surface area contributed by atoms with E-state index in [-0.39, 0.29) is 17.9 Å². The minimum absolute atomic E-state index is 0.0803. The van der Waals surface area contributed by atoms with Gasteiger partial charge in [-0.25, -0.2) is 0 Å². The zero-order valence-corrected chi connectivity index (χ0v) is 14.8. The van der Waals surface area contributed by atoms with Crippen molar-refractivity contribution in [3.8, 4) is 0 Å². The fraction of sp³-hybridized carbons (Fsp3) is 0.722. The summed E-state index contributed by atoms with van der Waals surface area (Å²) in [7, 11) is 0. The van der Waals surface area contributed by atoms with E-state index in [9.17, 15) is 9.59 Å². The predicted octanol–water partition coefficient (Wildman–Crippen LogP) is 2.22. The summed E-state index contributed by atoms with van der Waals surface area (Å²) in [6, 6.07) is 2.16. The average Bonchev–Trinajstić information content (AvgIpc) is 3.02. The number of carbonyl (C=O) groups is 2. The molecule has 24 heavy (non-hydrogen) atoms. The first-order valence-electron chi connectivity index (χ1n) is 9.11. The topological polar surface area (TPSA) is 69.3 Å². The zero-order valence-electron chi connectivity index (χ0n) is 14.8. The zero-order chi connectivity index (χ0) is 17.1. The Hall–Kier alpha value is -1.85. The number of likely N-dealkylation sites (tertiary alicyclic amines) is 2. The molecule has 2 fully saturated rings. The molecule has 2 amide bonds. The van der Waals surface area contributed by atoms with Crippen molar-refractivity contribution in [2.24, 2.45) is 0 Å². The Labute approximate surface area is 143 Å². The number of aromatic amines is 1. The Balaban J connectivity index is 1.60. The highest BCUT2D eigenvalue weighted by Gasteiger charge is 2.31. The molecule has 0 aromatic carbocycles. The van der Waals surface area contributed by atoms with Crippen LogP contribution in [0.5, 0.6) is 0 Å². The Morgan fingerprint density at radius 3 is 2.79 bits per heavy atom. The third-order valence-electron chi connectivity index (χ3n) is 5.36. The lowest BCUT2D eigenvalue weighted by atomic mass is 9.93. The van der Waals surface area contributed by atoms with Gasteiger partial charge in [-0.1, -0.05) is 0 Å². The summed E-state index contributed by atoms with van der Waals surface area (Å²) in [5.74, 6) is 0.601. The summed E-state index contributed by atoms with van der Waals surface area (Å²) in [5.41, 5.74) is 2.13. The first-order chi connectivity index (χ1) is 11.5. The van der Waals surface area contributed by atoms with Crippen molar-refractivity contribution in [1.82, 2.24) is 20.0 Å². The molecule has 1 N–H and O–H groups in total. The van der Waals surface area contributed by atoms with Crippen LogP contribution in [0, 0.1) is 6.92 Å². The van der Waals surface area contributed by atoms with Gasteiger partial charge in [-0.15, -0.1) is 0 Å². The van der Waals surface area contributed by atoms with Gasteiger partial charge in [0.15, 0.2) is 0 Å². The second-order valence-electron chi connectivity index (χ2n) is 7.22. The van der Waals surface area contributed by atoms with Gasteiger partial charge in [0.25, 0.3) is 0 Å². The molecule has 0 spiro atoms. The van der Waals surface area contributed by atoms with Crippen LogP contribution in [0.1, 0.15) is 62.8 Å². The van der Waals surface area contributed by atoms with Crippen LogP contribution in [0.15, 0.2) is 6.07 Å². The number of amides is 2. The largest absolute Gasteiger partial charge is 0.342 e. The first kappa shape index (κ1) is 17.0. The number of hydrogen-bond acceptors (Lipinski definition) is 3. The third kappa shape index (κ3) is 3.79. The standard InChI is InChI=1S/C18H28N4O2/c1-13-10-17(20-19-13)15-6-5-8-21(12-15)18(24)11-16-7-3-4-9-22(16)14(2)23/h10,15-16H,3-9,11-12H2,1-2H3,(H,19,20)/t15-,16+/m0/s1. The van der Waals surface area contributed by atoms with Crippen LogP contribution in [0.4, 0.5) is 0 Å². The Kier molecular flexibility index (Phi) is 5.21. The van der Waals surface area contributed by atoms with Crippen molar-refractivity contribution in [2.45, 2.75) is 64.3 Å². The summed E-state index contributed by atoms with van der Waals surface area (Å²) >= 11 is 0. The lowest BCUT2D eigenvalue weighted by molar-refractivity contribution is -0.138. The van der Waals surface area contributed by atoms with Crippen molar-refractivity contribution in [3.05, 3.63) is 17.5 Å². The Bertz CT molecular complexity index is 598. The smallest absolute Gasteiger partial charge is 0.224 e. The van der Waals surface area contributed by atoms with Crippen molar-refractivity contribution < 1.29 is 9.59 Å². The van der Waals surface area contributed by atoms with E-state index in [4.69, 9.17) is 0 Å². The van der Waals surface area contributed by atoms with Crippen LogP contribution in [-0.4, -0.2) is 57.5 Å². The fourth-order valence-corrected chi connectivity index (χ4v) is 4.05. The molecule has 6 heteroatoms. The minimum atomic E-state index is 0.0803. The molecule has 132 valence electrons. The van der Waals surface area contributed by atoms with Gasteiger partial charge >= 0.3 is 0 Å². The van der Waals surface area contributed by atoms with Crippen LogP contribution < -0.4 is 0 Å². The van der Waals surface area contributed by atoms with Gasteiger partial charge in [0.05, 0.1) is 5.69 Å². The lowest BCUT2D eigenvalue weighted by Crippen LogP contribution is -2.47. The Morgan fingerprint density at radius 2 is 2.08 bits per heavy atom. The molecule has 3 rings (SSSR count). The summed E-state index contributed by atoms with van der Waals surface area (Å²) in [6.07, 6.45) is 5.67. The first-order valence-corrected chi connectivity index (χ1v) is 9.11. The molecular weight excluding hydrogens is 304 g/mol. The average molecular weight is 332 g/mol. The molecule has 1 aromatic rings. The monoisotopic (exact) mass is 332 g/mol. The molecule has 6 nitrogen and oxygen atoms in total. The third-order valence-corrected chi connectivity index (χ3v) is 5.36. The molecule has 0 bridgehead atoms. The number of H-pyrrole nitrogens is 1. The number of carbonyl (C=O) groups excluding carboxylic acids is 2. The van der Waals surface area contributed by atoms with Gasteiger partial charge in [0, 0.05) is 50.6 Å². The summed E-state index contributed by atoms with van der Waals surface area (Å²) in [4.78, 5) is 28.4. The highest BCUT2D eigenvalue weighted by molar-refractivity contribution is 5.79. The summed E-state index contributed by atoms with van der Waals surface area (Å²) in [5, 5.41) is 7.36. The number of nitrogens with one attached hydrogen (secondary N) is 1. The maximum atomic E-state index is 12.8. The summed E-state index contributed by atoms with van der Waals surface area (Å²) < 4.78 is 0. The maximum Gasteiger partial charge on any atom is 0.224 e. The van der Waals surface area contributed by atoms with Gasteiger partial charge in [-0.2, -0.15) is 5.10 Å². The second-order valence-corrected chi connectivity index (χ2v) is 7.22. The molecular formula is C18H28N4O2. The summed E-state index contributed by atoms with van der Waals surface area (Å²) in [6.45, 7) is 5.98. The molecule has 0 unspecified atom stereocenters. The molecule has 0 saturated carbocycles. The number of aryl methyl sites for hydroxylation is 1. The second kappa shape index (κ2) is 7.36. The molecule has 2 atom stereocenters. The van der Waals surface area contributed by atoms with Crippen molar-refractivity contribution in [2.75, 3.05) is 19.6 Å². The van der Waals surface area contributed by atoms with E-state index < -0.39 is 0 Å². The fourth-order valence-electron chi connectivity index (χ4n) is 4.05. The van der Waals surface area contributed by atoms with Crippen LogP contribution in [-0.2, 0) is 9.59 Å². The minimum Gasteiger partial charge on any atom is -0.342 e. The van der Waals surface area contributed by atoms with Crippen LogP contribution >= 0.6 is 0 Å². The van der Waals surface area contributed by atoms with E-state index in [0.717, 1.165) is 63.1 Å². The van der Waals surface area contributed by atoms with E-state index in [1.54, 1.807) is 6.92 Å². The molecule has 2 aliphatic heterocycles. The number of aromatic nitrogens is 2. The molecule has 3 heterocycles. The van der Waals surface area contributed by atoms with Gasteiger partial charge in [-0.05, 0) is 45.1 Å². The molecule has 2 saturated heterocycles. The number of nitrogens with zero attached hydrogens (tertiary/aromatic N) is 3. The number of rotatable bonds is 3. The maximum absolute atomic E-state index is 12.8. The van der Waals surface area contributed by atoms with Gasteiger partial charge in [0.2, 0.25) is 11.8 Å². The highest BCUT2D eigenvalue weighted by atomic mass is 16.2. The number of hydrogen-bond donors (Lipinski definition) is 1. The SMILES string of the molecule is CC(=O)N1CCCC[C@@H]1CC(=O)N1CCC[C@H](c2cc(C)[nH]n2)C1. The molecule has 0 aliphatic carbocycles. The number of piperidine rings is 2. The van der Waals surface area contributed by atoms with Gasteiger partial charge in [-0.3, -0.25) is 14.7 Å². The Morgan fingerprint density at radius 1 is 1.25 bits per heavy atom. The highest BCUT2D eigenvalue weighted by Crippen LogP contribution is 2.27. The molecule has 1 aromatic heterocycles. The quantitative estimate of drug-likeness (QED) is 0.923. The predicted molar refractivity (Wildman–Crippen MR) is 91.5 cm³/mol. The van der Waals surface area contributed by atoms with Crippen LogP contribution in [0.25, 0.3) is 0 Å². The van der Waals surface area contributed by atoms with Gasteiger partial charge < -0.3 is 9.80 Å². The normalized spacial score (nSPS) is 24.9. The van der Waals surface area contributed by atoms with Crippen molar-refractivity contribution in [3.63, 3.8) is 0 Å². The van der Waals surface area contributed by atoms with Crippen molar-refractivity contribution in [1.29, 1.82) is 0 Å². The molecule has 2 aliphatic rings. The van der Waals surface area contributed by atoms with Gasteiger partial charge in [0.1, 0.15) is 0 Å². The lowest BCUT2D eigenvalue weighted by Gasteiger charge is -2.37. The van der Waals surface area contributed by atoms with E-state index in [1.807, 2.05) is 16.7 Å². The van der Waals surface area contributed by atoms with Crippen molar-refractivity contribution >= 4 is 11.8 Å². The van der Waals surface area contributed by atoms with E-state index in [1.165, 1.54) is 0 Å². The molecule has 0 radical (unpaired) electrons. The van der Waals surface area contributed by atoms with E-state index >= 15 is 0 Å². The van der Waals surface area contributed by atoms with E-state index in [2.05, 4.69) is 16.3 Å². The van der Waals surface area contributed by atoms with Crippen LogP contribution in [0.2, 0.25) is 0 Å².